The Balaban J connectivity index is 0.000000430. The molecule has 0 spiro atoms. The van der Waals surface area contributed by atoms with E-state index in [0.29, 0.717) is 29.9 Å². The first-order valence-electron chi connectivity index (χ1n) is 9.01. The topological polar surface area (TPSA) is 78.9 Å². The zero-order valence-corrected chi connectivity index (χ0v) is 18.0. The average molecular weight is 402 g/mol. The van der Waals surface area contributed by atoms with Gasteiger partial charge in [-0.3, -0.25) is 14.4 Å². The molecule has 0 heterocycles. The van der Waals surface area contributed by atoms with Gasteiger partial charge in [0, 0.05) is 30.9 Å². The normalized spacial score (nSPS) is 9.31. The molecule has 6 heteroatoms. The Morgan fingerprint density at radius 1 is 0.586 bits per heavy atom. The summed E-state index contributed by atoms with van der Waals surface area (Å²) in [5, 5.41) is 0. The van der Waals surface area contributed by atoms with Crippen LogP contribution in [0.4, 0.5) is 0 Å². The van der Waals surface area contributed by atoms with Crippen molar-refractivity contribution in [1.82, 2.24) is 0 Å². The smallest absolute Gasteiger partial charge is 0.159 e. The van der Waals surface area contributed by atoms with Gasteiger partial charge in [-0.2, -0.15) is 0 Å². The molecule has 0 saturated carbocycles. The fraction of sp³-hybridized carbons (Fsp3) is 0.348. The van der Waals surface area contributed by atoms with Gasteiger partial charge in [0.05, 0.1) is 20.3 Å². The van der Waals surface area contributed by atoms with E-state index in [-0.39, 0.29) is 17.3 Å². The van der Waals surface area contributed by atoms with E-state index < -0.39 is 0 Å². The lowest BCUT2D eigenvalue weighted by Crippen LogP contribution is -1.96. The molecule has 0 aliphatic carbocycles. The van der Waals surface area contributed by atoms with E-state index in [2.05, 4.69) is 9.47 Å². The number of benzene rings is 2. The van der Waals surface area contributed by atoms with Crippen LogP contribution < -0.4 is 4.74 Å². The molecule has 0 saturated heterocycles. The van der Waals surface area contributed by atoms with Crippen molar-refractivity contribution < 1.29 is 28.6 Å². The minimum absolute atomic E-state index is 0.0186. The second-order valence-electron chi connectivity index (χ2n) is 5.96. The predicted molar refractivity (Wildman–Crippen MR) is 113 cm³/mol. The molecule has 0 aliphatic heterocycles. The molecule has 0 fully saturated rings. The van der Waals surface area contributed by atoms with Crippen molar-refractivity contribution in [3.63, 3.8) is 0 Å². The van der Waals surface area contributed by atoms with Crippen LogP contribution in [0.5, 0.6) is 5.75 Å². The van der Waals surface area contributed by atoms with E-state index in [0.717, 1.165) is 5.75 Å². The summed E-state index contributed by atoms with van der Waals surface area (Å²) in [6, 6.07) is 13.7. The minimum Gasteiger partial charge on any atom is -0.497 e. The summed E-state index contributed by atoms with van der Waals surface area (Å²) in [5.41, 5.74) is 1.99. The van der Waals surface area contributed by atoms with Crippen LogP contribution in [0.15, 0.2) is 48.5 Å². The maximum Gasteiger partial charge on any atom is 0.159 e. The molecular formula is C23H30O6. The Kier molecular flexibility index (Phi) is 13.7. The first-order chi connectivity index (χ1) is 13.8. The first-order valence-corrected chi connectivity index (χ1v) is 9.01. The SMILES string of the molecule is CC(=O)c1ccc(C(C)=O)cc1.COCCOC.COc1ccc(C(C)=O)cc1. The van der Waals surface area contributed by atoms with E-state index in [1.54, 1.807) is 76.8 Å². The molecule has 0 atom stereocenters. The third-order valence-electron chi connectivity index (χ3n) is 3.69. The number of carbonyl (C=O) groups excluding carboxylic acids is 3. The fourth-order valence-corrected chi connectivity index (χ4v) is 1.93. The third-order valence-corrected chi connectivity index (χ3v) is 3.69. The Bertz CT molecular complexity index is 711. The van der Waals surface area contributed by atoms with Gasteiger partial charge in [0.2, 0.25) is 0 Å². The summed E-state index contributed by atoms with van der Waals surface area (Å²) in [7, 11) is 4.90. The van der Waals surface area contributed by atoms with Crippen molar-refractivity contribution in [2.24, 2.45) is 0 Å². The lowest BCUT2D eigenvalue weighted by molar-refractivity contribution is 0.100. The molecule has 2 aromatic carbocycles. The molecule has 0 aromatic heterocycles. The number of ether oxygens (including phenoxy) is 3. The Hall–Kier alpha value is -2.83. The molecule has 2 aromatic rings. The monoisotopic (exact) mass is 402 g/mol. The molecule has 0 aliphatic rings. The van der Waals surface area contributed by atoms with Crippen molar-refractivity contribution in [2.45, 2.75) is 20.8 Å². The fourth-order valence-electron chi connectivity index (χ4n) is 1.93. The number of rotatable bonds is 7. The number of ketones is 3. The minimum atomic E-state index is 0.0186. The van der Waals surface area contributed by atoms with E-state index in [1.165, 1.54) is 13.8 Å². The summed E-state index contributed by atoms with van der Waals surface area (Å²) >= 11 is 0. The lowest BCUT2D eigenvalue weighted by Gasteiger charge is -1.98. The number of carbonyl (C=O) groups is 3. The Morgan fingerprint density at radius 3 is 1.07 bits per heavy atom. The zero-order chi connectivity index (χ0) is 22.2. The van der Waals surface area contributed by atoms with Crippen LogP contribution in [0.2, 0.25) is 0 Å². The summed E-state index contributed by atoms with van der Waals surface area (Å²) in [5.74, 6) is 0.887. The molecule has 0 amide bonds. The van der Waals surface area contributed by atoms with Gasteiger partial charge in [-0.25, -0.2) is 0 Å². The van der Waals surface area contributed by atoms with E-state index in [4.69, 9.17) is 4.74 Å². The van der Waals surface area contributed by atoms with Crippen molar-refractivity contribution >= 4 is 17.3 Å². The average Bonchev–Trinajstić information content (AvgIpc) is 2.73. The molecule has 0 N–H and O–H groups in total. The molecule has 29 heavy (non-hydrogen) atoms. The second kappa shape index (κ2) is 15.1. The molecule has 2 rings (SSSR count). The largest absolute Gasteiger partial charge is 0.497 e. The van der Waals surface area contributed by atoms with Gasteiger partial charge < -0.3 is 14.2 Å². The summed E-state index contributed by atoms with van der Waals surface area (Å²) < 4.78 is 14.3. The highest BCUT2D eigenvalue weighted by molar-refractivity contribution is 5.97. The van der Waals surface area contributed by atoms with Crippen LogP contribution in [0.25, 0.3) is 0 Å². The van der Waals surface area contributed by atoms with Crippen LogP contribution in [0.1, 0.15) is 51.8 Å². The number of hydrogen-bond donors (Lipinski definition) is 0. The molecule has 0 radical (unpaired) electrons. The number of methoxy groups -OCH3 is 3. The van der Waals surface area contributed by atoms with Crippen LogP contribution in [-0.2, 0) is 9.47 Å². The van der Waals surface area contributed by atoms with Gasteiger partial charge in [0.1, 0.15) is 5.75 Å². The zero-order valence-electron chi connectivity index (χ0n) is 18.0. The highest BCUT2D eigenvalue weighted by Gasteiger charge is 2.01. The third kappa shape index (κ3) is 11.6. The highest BCUT2D eigenvalue weighted by atomic mass is 16.5. The predicted octanol–water partition coefficient (Wildman–Crippen LogP) is 4.27. The van der Waals surface area contributed by atoms with Crippen molar-refractivity contribution in [2.75, 3.05) is 34.5 Å². The van der Waals surface area contributed by atoms with Gasteiger partial charge in [-0.1, -0.05) is 24.3 Å². The number of hydrogen-bond acceptors (Lipinski definition) is 6. The molecule has 158 valence electrons. The van der Waals surface area contributed by atoms with E-state index >= 15 is 0 Å². The molecule has 6 nitrogen and oxygen atoms in total. The second-order valence-corrected chi connectivity index (χ2v) is 5.96. The van der Waals surface area contributed by atoms with Gasteiger partial charge >= 0.3 is 0 Å². The number of Topliss-reactive ketones (excluding diaryl/α,β-unsaturated/α-hetero) is 3. The molecular weight excluding hydrogens is 372 g/mol. The standard InChI is InChI=1S/C10H10O2.C9H10O2.C4H10O2/c1-7(11)9-3-5-10(6-4-9)8(2)12;1-7(10)8-3-5-9(11-2)6-4-8;1-5-3-4-6-2/h3-6H,1-2H3;3-6H,1-2H3;3-4H2,1-2H3. The van der Waals surface area contributed by atoms with Crippen LogP contribution >= 0.6 is 0 Å². The summed E-state index contributed by atoms with van der Waals surface area (Å²) in [4.78, 5) is 32.5. The lowest BCUT2D eigenvalue weighted by atomic mass is 10.1. The van der Waals surface area contributed by atoms with Gasteiger partial charge in [-0.15, -0.1) is 0 Å². The summed E-state index contributed by atoms with van der Waals surface area (Å²) in [6.45, 7) is 5.93. The Labute approximate surface area is 172 Å². The quantitative estimate of drug-likeness (QED) is 0.508. The van der Waals surface area contributed by atoms with Crippen molar-refractivity contribution in [1.29, 1.82) is 0 Å². The van der Waals surface area contributed by atoms with E-state index in [1.807, 2.05) is 0 Å². The van der Waals surface area contributed by atoms with E-state index in [9.17, 15) is 14.4 Å². The molecule has 0 unspecified atom stereocenters. The maximum absolute atomic E-state index is 10.8. The maximum atomic E-state index is 10.8. The van der Waals surface area contributed by atoms with Gasteiger partial charge in [0.25, 0.3) is 0 Å². The van der Waals surface area contributed by atoms with Crippen molar-refractivity contribution in [3.05, 3.63) is 65.2 Å². The highest BCUT2D eigenvalue weighted by Crippen LogP contribution is 2.11. The molecule has 0 bridgehead atoms. The van der Waals surface area contributed by atoms with Crippen LogP contribution in [0.3, 0.4) is 0 Å². The van der Waals surface area contributed by atoms with Gasteiger partial charge in [-0.05, 0) is 45.0 Å². The Morgan fingerprint density at radius 2 is 0.862 bits per heavy atom. The van der Waals surface area contributed by atoms with Crippen LogP contribution in [-0.4, -0.2) is 51.9 Å². The first kappa shape index (κ1) is 26.2. The van der Waals surface area contributed by atoms with Crippen LogP contribution in [0, 0.1) is 0 Å². The van der Waals surface area contributed by atoms with Crippen molar-refractivity contribution in [3.8, 4) is 5.75 Å². The summed E-state index contributed by atoms with van der Waals surface area (Å²) in [6.07, 6.45) is 0. The van der Waals surface area contributed by atoms with Gasteiger partial charge in [0.15, 0.2) is 17.3 Å².